The molecule has 0 N–H and O–H groups in total. The van der Waals surface area contributed by atoms with E-state index in [1.165, 1.54) is 12.8 Å². The van der Waals surface area contributed by atoms with Crippen LogP contribution in [0.4, 0.5) is 0 Å². The first-order valence-corrected chi connectivity index (χ1v) is 32.7. The van der Waals surface area contributed by atoms with Gasteiger partial charge >= 0.3 is 47.8 Å². The van der Waals surface area contributed by atoms with Crippen LogP contribution in [0, 0.1) is 140 Å². The van der Waals surface area contributed by atoms with Crippen LogP contribution in [0.5, 0.6) is 0 Å². The summed E-state index contributed by atoms with van der Waals surface area (Å²) >= 11 is 0. The van der Waals surface area contributed by atoms with Crippen molar-refractivity contribution in [3.63, 3.8) is 0 Å². The molecule has 16 rings (SSSR count). The molecule has 25 unspecified atom stereocenters. The van der Waals surface area contributed by atoms with Gasteiger partial charge in [-0.2, -0.15) is 0 Å². The summed E-state index contributed by atoms with van der Waals surface area (Å²) in [6.45, 7) is 27.3. The molecule has 462 valence electrons. The SMILES string of the molecule is CCC(C)(C)C(=O)OC1C2CC3C1OC(=O)C3C2C.CCC(C)(C)C(=O)OC1CC2CC1C1C3CC(C4C(=O)OCC34)C21.CCC(C)(C)C(=O)OC1CC2CCC1C1C(=O)OCC21.CCC(C)(C)C(=O)OC1CC2CCC1C1COC(=O)C21. The first-order chi connectivity index (χ1) is 39.2. The molecule has 4 heterocycles. The third-order valence-corrected chi connectivity index (χ3v) is 25.7. The van der Waals surface area contributed by atoms with Crippen LogP contribution < -0.4 is 0 Å². The number of fused-ring (bicyclic) bond motifs is 17. The minimum absolute atomic E-state index is 0.0113. The van der Waals surface area contributed by atoms with Gasteiger partial charge in [-0.05, 0) is 199 Å². The predicted molar refractivity (Wildman–Crippen MR) is 300 cm³/mol. The average Bonchev–Trinajstić information content (AvgIpc) is 1.66. The van der Waals surface area contributed by atoms with Gasteiger partial charge in [-0.25, -0.2) is 0 Å². The second-order valence-electron chi connectivity index (χ2n) is 31.0. The largest absolute Gasteiger partial charge is 0.465 e. The molecule has 25 atom stereocenters. The number of cyclic esters (lactones) is 3. The zero-order valence-electron chi connectivity index (χ0n) is 52.0. The molecule has 12 aliphatic carbocycles. The van der Waals surface area contributed by atoms with Gasteiger partial charge in [-0.1, -0.05) is 34.6 Å². The summed E-state index contributed by atoms with van der Waals surface area (Å²) < 4.78 is 44.7. The van der Waals surface area contributed by atoms with E-state index < -0.39 is 16.2 Å². The highest BCUT2D eigenvalue weighted by atomic mass is 16.6. The van der Waals surface area contributed by atoms with Crippen LogP contribution in [0.15, 0.2) is 0 Å². The van der Waals surface area contributed by atoms with E-state index in [1.807, 2.05) is 83.1 Å². The van der Waals surface area contributed by atoms with Gasteiger partial charge in [0.25, 0.3) is 0 Å². The van der Waals surface area contributed by atoms with Gasteiger partial charge in [-0.15, -0.1) is 0 Å². The van der Waals surface area contributed by atoms with Gasteiger partial charge in [-0.3, -0.25) is 38.4 Å². The summed E-state index contributed by atoms with van der Waals surface area (Å²) in [6, 6.07) is 0. The fourth-order valence-electron chi connectivity index (χ4n) is 19.1. The third kappa shape index (κ3) is 10.2. The van der Waals surface area contributed by atoms with Crippen LogP contribution in [-0.2, 0) is 76.3 Å². The summed E-state index contributed by atoms with van der Waals surface area (Å²) in [6.07, 6.45) is 13.2. The molecule has 10 bridgehead atoms. The van der Waals surface area contributed by atoms with Crippen molar-refractivity contribution < 1.29 is 76.3 Å². The van der Waals surface area contributed by atoms with E-state index >= 15 is 0 Å². The highest BCUT2D eigenvalue weighted by molar-refractivity contribution is 5.80. The Hall–Kier alpha value is -4.24. The summed E-state index contributed by atoms with van der Waals surface area (Å²) in [4.78, 5) is 96.9. The molecule has 0 aromatic carbocycles. The van der Waals surface area contributed by atoms with Crippen molar-refractivity contribution in [2.75, 3.05) is 19.8 Å². The molecular weight excluding hydrogens is 1060 g/mol. The van der Waals surface area contributed by atoms with Gasteiger partial charge in [0.05, 0.1) is 65.2 Å². The lowest BCUT2D eigenvalue weighted by Gasteiger charge is -2.47. The number of carbonyl (C=O) groups is 8. The minimum atomic E-state index is -0.465. The lowest BCUT2D eigenvalue weighted by molar-refractivity contribution is -0.176. The highest BCUT2D eigenvalue weighted by Crippen LogP contribution is 2.72. The Morgan fingerprint density at radius 2 is 0.831 bits per heavy atom. The normalized spacial score (nSPS) is 43.6. The van der Waals surface area contributed by atoms with E-state index in [0.29, 0.717) is 90.8 Å². The van der Waals surface area contributed by atoms with Crippen LogP contribution >= 0.6 is 0 Å². The zero-order valence-corrected chi connectivity index (χ0v) is 52.0. The average molecular weight is 1160 g/mol. The fourth-order valence-corrected chi connectivity index (χ4v) is 19.1. The molecule has 4 aliphatic heterocycles. The van der Waals surface area contributed by atoms with Crippen LogP contribution in [0.1, 0.15) is 180 Å². The Kier molecular flexibility index (Phi) is 16.1. The van der Waals surface area contributed by atoms with Crippen molar-refractivity contribution in [1.82, 2.24) is 0 Å². The molecule has 0 spiro atoms. The first-order valence-electron chi connectivity index (χ1n) is 32.7. The van der Waals surface area contributed by atoms with Gasteiger partial charge in [0.1, 0.15) is 30.5 Å². The van der Waals surface area contributed by atoms with E-state index in [1.54, 1.807) is 0 Å². The van der Waals surface area contributed by atoms with Crippen molar-refractivity contribution in [2.24, 2.45) is 140 Å². The van der Waals surface area contributed by atoms with Crippen molar-refractivity contribution in [3.05, 3.63) is 0 Å². The number of carbonyl (C=O) groups excluding carboxylic acids is 8. The molecule has 12 saturated carbocycles. The van der Waals surface area contributed by atoms with Crippen LogP contribution in [0.3, 0.4) is 0 Å². The number of hydrogen-bond acceptors (Lipinski definition) is 16. The number of ether oxygens (including phenoxy) is 8. The van der Waals surface area contributed by atoms with E-state index in [0.717, 1.165) is 77.0 Å². The van der Waals surface area contributed by atoms with Gasteiger partial charge in [0.2, 0.25) is 0 Å². The van der Waals surface area contributed by atoms with Crippen molar-refractivity contribution >= 4 is 47.8 Å². The van der Waals surface area contributed by atoms with Crippen molar-refractivity contribution in [1.29, 1.82) is 0 Å². The molecule has 16 aliphatic rings. The van der Waals surface area contributed by atoms with E-state index in [2.05, 4.69) is 6.92 Å². The summed E-state index contributed by atoms with van der Waals surface area (Å²) in [5.74, 6) is 6.77. The van der Waals surface area contributed by atoms with E-state index in [-0.39, 0.29) is 131 Å². The molecule has 16 heteroatoms. The molecular formula is C67H98O16. The summed E-state index contributed by atoms with van der Waals surface area (Å²) in [7, 11) is 0. The Labute approximate surface area is 492 Å². The molecule has 0 aromatic rings. The highest BCUT2D eigenvalue weighted by Gasteiger charge is 2.71. The topological polar surface area (TPSA) is 210 Å². The molecule has 0 radical (unpaired) electrons. The maximum atomic E-state index is 12.5. The Morgan fingerprint density at radius 3 is 1.40 bits per heavy atom. The van der Waals surface area contributed by atoms with Crippen LogP contribution in [-0.4, -0.2) is 98.1 Å². The molecule has 16 nitrogen and oxygen atoms in total. The lowest BCUT2D eigenvalue weighted by Crippen LogP contribution is -2.50. The summed E-state index contributed by atoms with van der Waals surface area (Å²) in [5.41, 5.74) is -1.70. The minimum Gasteiger partial charge on any atom is -0.465 e. The second kappa shape index (κ2) is 22.2. The maximum absolute atomic E-state index is 12.5. The summed E-state index contributed by atoms with van der Waals surface area (Å²) in [5, 5.41) is 0. The molecule has 16 fully saturated rings. The van der Waals surface area contributed by atoms with Gasteiger partial charge in [0, 0.05) is 41.4 Å². The van der Waals surface area contributed by atoms with Crippen LogP contribution in [0.25, 0.3) is 0 Å². The predicted octanol–water partition coefficient (Wildman–Crippen LogP) is 10.3. The van der Waals surface area contributed by atoms with E-state index in [9.17, 15) is 38.4 Å². The Morgan fingerprint density at radius 1 is 0.398 bits per heavy atom. The van der Waals surface area contributed by atoms with E-state index in [4.69, 9.17) is 37.9 Å². The van der Waals surface area contributed by atoms with Crippen molar-refractivity contribution in [3.8, 4) is 0 Å². The Balaban J connectivity index is 0.000000116. The maximum Gasteiger partial charge on any atom is 0.311 e. The lowest BCUT2D eigenvalue weighted by atomic mass is 9.58. The third-order valence-electron chi connectivity index (χ3n) is 25.7. The molecule has 0 aromatic heterocycles. The second-order valence-corrected chi connectivity index (χ2v) is 31.0. The number of rotatable bonds is 12. The smallest absolute Gasteiger partial charge is 0.311 e. The Bertz CT molecular complexity index is 2570. The van der Waals surface area contributed by atoms with Gasteiger partial charge < -0.3 is 37.9 Å². The number of hydrogen-bond donors (Lipinski definition) is 0. The number of esters is 8. The van der Waals surface area contributed by atoms with Crippen LogP contribution in [0.2, 0.25) is 0 Å². The van der Waals surface area contributed by atoms with Crippen molar-refractivity contribution in [2.45, 2.75) is 210 Å². The molecule has 4 saturated heterocycles. The fraction of sp³-hybridized carbons (Fsp3) is 0.881. The van der Waals surface area contributed by atoms with Gasteiger partial charge in [0.15, 0.2) is 0 Å². The standard InChI is InChI=1S/C20H28O4.2C16H24O4.C15H22O4/c1-4-20(2,3)19(22)24-14-6-9-5-11(14)16-10-7-12(15(9)16)17-13(10)8-23-18(17)21;1-4-16(2,3)15(18)20-12-7-9-5-6-10(12)11-8-19-14(17)13(9)11;1-4-16(2,3)15(18)20-12-7-9-5-6-10(12)13-11(9)8-19-14(13)17;1-5-15(3,4)14(17)19-11-8-6-9-10(7(8)2)13(16)18-12(9)11/h9-17H,4-8H2,1-3H3;2*9-13H,4-8H2,1-3H3;7-12H,5-6H2,1-4H3. The first kappa shape index (κ1) is 60.4. The molecule has 83 heavy (non-hydrogen) atoms. The zero-order chi connectivity index (χ0) is 59.7. The molecule has 0 amide bonds. The monoisotopic (exact) mass is 1160 g/mol. The quantitative estimate of drug-likeness (QED) is 0.101.